The molecule has 0 saturated carbocycles. The molecule has 1 N–H and O–H groups in total. The summed E-state index contributed by atoms with van der Waals surface area (Å²) < 4.78 is 34.3. The number of anilines is 1. The number of nitrogens with one attached hydrogen (secondary N) is 1. The average molecular weight is 552 g/mol. The Morgan fingerprint density at radius 3 is 2.21 bits per heavy atom. The number of sulfonamides is 1. The highest BCUT2D eigenvalue weighted by Gasteiger charge is 2.33. The van der Waals surface area contributed by atoms with Gasteiger partial charge in [-0.25, -0.2) is 8.42 Å². The number of ether oxygens (including phenoxy) is 1. The third kappa shape index (κ3) is 7.60. The Bertz CT molecular complexity index is 1340. The number of rotatable bonds is 13. The molecule has 1 atom stereocenters. The first-order valence-electron chi connectivity index (χ1n) is 13.1. The second kappa shape index (κ2) is 13.8. The maximum atomic E-state index is 14.0. The zero-order chi connectivity index (χ0) is 28.4. The third-order valence-electron chi connectivity index (χ3n) is 6.22. The number of hydrogen-bond donors (Lipinski definition) is 1. The molecule has 3 rings (SSSR count). The van der Waals surface area contributed by atoms with Crippen molar-refractivity contribution >= 4 is 27.5 Å². The van der Waals surface area contributed by atoms with Crippen molar-refractivity contribution in [1.82, 2.24) is 10.2 Å². The fraction of sp³-hybridized carbons (Fsp3) is 0.333. The van der Waals surface area contributed by atoms with Crippen LogP contribution in [0.3, 0.4) is 0 Å². The number of hydrogen-bond acceptors (Lipinski definition) is 5. The van der Waals surface area contributed by atoms with Gasteiger partial charge in [0, 0.05) is 13.1 Å². The van der Waals surface area contributed by atoms with Crippen molar-refractivity contribution in [3.8, 4) is 5.75 Å². The molecule has 0 spiro atoms. The molecule has 3 aromatic rings. The number of benzene rings is 3. The normalized spacial score (nSPS) is 11.9. The SMILES string of the molecule is CCNC(=O)[C@H](CC)N(Cc1cccc(C)c1)C(=O)CN(c1ccc(OCC)cc1)S(=O)(=O)c1ccccc1. The summed E-state index contributed by atoms with van der Waals surface area (Å²) in [5.41, 5.74) is 2.19. The van der Waals surface area contributed by atoms with Gasteiger partial charge in [0.05, 0.1) is 17.2 Å². The molecule has 0 aliphatic carbocycles. The summed E-state index contributed by atoms with van der Waals surface area (Å²) in [6.07, 6.45) is 0.373. The predicted octanol–water partition coefficient (Wildman–Crippen LogP) is 4.53. The first-order chi connectivity index (χ1) is 18.7. The minimum Gasteiger partial charge on any atom is -0.494 e. The molecule has 0 heterocycles. The van der Waals surface area contributed by atoms with E-state index in [2.05, 4.69) is 5.32 Å². The van der Waals surface area contributed by atoms with Crippen LogP contribution >= 0.6 is 0 Å². The van der Waals surface area contributed by atoms with E-state index in [4.69, 9.17) is 4.74 Å². The van der Waals surface area contributed by atoms with E-state index in [0.717, 1.165) is 15.4 Å². The zero-order valence-corrected chi connectivity index (χ0v) is 23.8. The Kier molecular flexibility index (Phi) is 10.5. The number of amides is 2. The van der Waals surface area contributed by atoms with Gasteiger partial charge < -0.3 is 15.0 Å². The lowest BCUT2D eigenvalue weighted by Crippen LogP contribution is -2.52. The van der Waals surface area contributed by atoms with Crippen LogP contribution in [0.5, 0.6) is 5.75 Å². The van der Waals surface area contributed by atoms with E-state index in [1.54, 1.807) is 42.5 Å². The largest absolute Gasteiger partial charge is 0.494 e. The van der Waals surface area contributed by atoms with E-state index in [1.807, 2.05) is 52.0 Å². The van der Waals surface area contributed by atoms with Crippen LogP contribution in [0.2, 0.25) is 0 Å². The fourth-order valence-electron chi connectivity index (χ4n) is 4.34. The van der Waals surface area contributed by atoms with E-state index in [9.17, 15) is 18.0 Å². The van der Waals surface area contributed by atoms with Gasteiger partial charge >= 0.3 is 0 Å². The molecule has 0 unspecified atom stereocenters. The number of aryl methyl sites for hydroxylation is 1. The molecule has 9 heteroatoms. The predicted molar refractivity (Wildman–Crippen MR) is 153 cm³/mol. The van der Waals surface area contributed by atoms with Crippen molar-refractivity contribution in [3.05, 3.63) is 90.0 Å². The van der Waals surface area contributed by atoms with Gasteiger partial charge in [0.1, 0.15) is 18.3 Å². The van der Waals surface area contributed by atoms with Gasteiger partial charge in [-0.05, 0) is 69.2 Å². The topological polar surface area (TPSA) is 96.0 Å². The average Bonchev–Trinajstić information content (AvgIpc) is 2.93. The monoisotopic (exact) mass is 551 g/mol. The van der Waals surface area contributed by atoms with Crippen molar-refractivity contribution in [2.75, 3.05) is 24.0 Å². The van der Waals surface area contributed by atoms with Crippen LogP contribution in [0.15, 0.2) is 83.8 Å². The molecule has 0 aromatic heterocycles. The molecule has 3 aromatic carbocycles. The fourth-order valence-corrected chi connectivity index (χ4v) is 5.78. The Hall–Kier alpha value is -3.85. The summed E-state index contributed by atoms with van der Waals surface area (Å²) in [6, 6.07) is 21.5. The maximum absolute atomic E-state index is 14.0. The lowest BCUT2D eigenvalue weighted by molar-refractivity contribution is -0.140. The summed E-state index contributed by atoms with van der Waals surface area (Å²) >= 11 is 0. The standard InChI is InChI=1S/C30H37N3O5S/c1-5-28(30(35)31-6-2)32(21-24-13-11-12-23(4)20-24)29(34)22-33(25-16-18-26(19-17-25)38-7-3)39(36,37)27-14-9-8-10-15-27/h8-20,28H,5-7,21-22H2,1-4H3,(H,31,35)/t28-/m0/s1. The van der Waals surface area contributed by atoms with Crippen LogP contribution in [-0.2, 0) is 26.2 Å². The van der Waals surface area contributed by atoms with Gasteiger partial charge in [0.25, 0.3) is 10.0 Å². The highest BCUT2D eigenvalue weighted by molar-refractivity contribution is 7.92. The van der Waals surface area contributed by atoms with Crippen molar-refractivity contribution in [2.45, 2.75) is 51.6 Å². The van der Waals surface area contributed by atoms with Crippen LogP contribution in [0, 0.1) is 6.92 Å². The third-order valence-corrected chi connectivity index (χ3v) is 8.01. The molecule has 8 nitrogen and oxygen atoms in total. The second-order valence-electron chi connectivity index (χ2n) is 9.08. The molecule has 0 aliphatic heterocycles. The summed E-state index contributed by atoms with van der Waals surface area (Å²) in [5.74, 6) is -0.171. The maximum Gasteiger partial charge on any atom is 0.264 e. The molecule has 2 amide bonds. The van der Waals surface area contributed by atoms with Gasteiger partial charge in [-0.3, -0.25) is 13.9 Å². The van der Waals surface area contributed by atoms with Gasteiger partial charge in [-0.1, -0.05) is 55.0 Å². The molecule has 208 valence electrons. The Morgan fingerprint density at radius 1 is 0.923 bits per heavy atom. The summed E-state index contributed by atoms with van der Waals surface area (Å²) in [4.78, 5) is 28.5. The smallest absolute Gasteiger partial charge is 0.264 e. The van der Waals surface area contributed by atoms with E-state index in [-0.39, 0.29) is 17.3 Å². The molecule has 0 bridgehead atoms. The Morgan fingerprint density at radius 2 is 1.62 bits per heavy atom. The Labute approximate surface area is 231 Å². The van der Waals surface area contributed by atoms with Crippen LogP contribution in [0.4, 0.5) is 5.69 Å². The molecule has 39 heavy (non-hydrogen) atoms. The minimum absolute atomic E-state index is 0.0627. The quantitative estimate of drug-likeness (QED) is 0.337. The first kappa shape index (κ1) is 29.7. The van der Waals surface area contributed by atoms with Gasteiger partial charge in [-0.15, -0.1) is 0 Å². The van der Waals surface area contributed by atoms with Crippen molar-refractivity contribution in [1.29, 1.82) is 0 Å². The van der Waals surface area contributed by atoms with E-state index in [0.29, 0.717) is 31.0 Å². The van der Waals surface area contributed by atoms with Gasteiger partial charge in [0.15, 0.2) is 0 Å². The molecular formula is C30H37N3O5S. The summed E-state index contributed by atoms with van der Waals surface area (Å²) in [7, 11) is -4.11. The van der Waals surface area contributed by atoms with E-state index >= 15 is 0 Å². The number of likely N-dealkylation sites (N-methyl/N-ethyl adjacent to an activating group) is 1. The summed E-state index contributed by atoms with van der Waals surface area (Å²) in [5, 5.41) is 2.81. The van der Waals surface area contributed by atoms with Crippen molar-refractivity contribution < 1.29 is 22.7 Å². The lowest BCUT2D eigenvalue weighted by atomic mass is 10.1. The van der Waals surface area contributed by atoms with Gasteiger partial charge in [-0.2, -0.15) is 0 Å². The zero-order valence-electron chi connectivity index (χ0n) is 23.0. The molecular weight excluding hydrogens is 514 g/mol. The van der Waals surface area contributed by atoms with Crippen LogP contribution in [0.1, 0.15) is 38.3 Å². The summed E-state index contributed by atoms with van der Waals surface area (Å²) in [6.45, 7) is 8.04. The van der Waals surface area contributed by atoms with Crippen LogP contribution in [-0.4, -0.2) is 50.9 Å². The minimum atomic E-state index is -4.11. The molecule has 0 aliphatic rings. The second-order valence-corrected chi connectivity index (χ2v) is 10.9. The highest BCUT2D eigenvalue weighted by Crippen LogP contribution is 2.27. The Balaban J connectivity index is 2.05. The molecule has 0 radical (unpaired) electrons. The van der Waals surface area contributed by atoms with Crippen LogP contribution in [0.25, 0.3) is 0 Å². The number of carbonyl (C=O) groups is 2. The van der Waals surface area contributed by atoms with Crippen molar-refractivity contribution in [3.63, 3.8) is 0 Å². The highest BCUT2D eigenvalue weighted by atomic mass is 32.2. The number of carbonyl (C=O) groups excluding carboxylic acids is 2. The van der Waals surface area contributed by atoms with Gasteiger partial charge in [0.2, 0.25) is 11.8 Å². The molecule has 0 fully saturated rings. The molecule has 0 saturated heterocycles. The lowest BCUT2D eigenvalue weighted by Gasteiger charge is -2.33. The first-order valence-corrected chi connectivity index (χ1v) is 14.6. The van der Waals surface area contributed by atoms with Crippen LogP contribution < -0.4 is 14.4 Å². The van der Waals surface area contributed by atoms with E-state index < -0.39 is 28.5 Å². The van der Waals surface area contributed by atoms with E-state index in [1.165, 1.54) is 17.0 Å². The number of nitrogens with zero attached hydrogens (tertiary/aromatic N) is 2. The van der Waals surface area contributed by atoms with Crippen molar-refractivity contribution in [2.24, 2.45) is 0 Å².